The van der Waals surface area contributed by atoms with Gasteiger partial charge in [-0.15, -0.1) is 0 Å². The van der Waals surface area contributed by atoms with E-state index >= 15 is 0 Å². The molecule has 108 valence electrons. The minimum absolute atomic E-state index is 0.0981. The topological polar surface area (TPSA) is 78.9 Å². The van der Waals surface area contributed by atoms with Gasteiger partial charge in [-0.3, -0.25) is 4.79 Å². The smallest absolute Gasteiger partial charge is 0.229 e. The third-order valence-corrected chi connectivity index (χ3v) is 3.02. The Hall–Kier alpha value is -2.63. The molecule has 1 aromatic heterocycles. The van der Waals surface area contributed by atoms with E-state index in [2.05, 4.69) is 25.9 Å². The minimum atomic E-state index is -0.0981. The van der Waals surface area contributed by atoms with Gasteiger partial charge in [-0.25, -0.2) is 4.98 Å². The van der Waals surface area contributed by atoms with E-state index in [4.69, 9.17) is 0 Å². The molecule has 0 bridgehead atoms. The van der Waals surface area contributed by atoms with Crippen LogP contribution in [-0.4, -0.2) is 21.9 Å². The van der Waals surface area contributed by atoms with Crippen molar-refractivity contribution in [2.75, 3.05) is 16.0 Å². The summed E-state index contributed by atoms with van der Waals surface area (Å²) in [6.07, 6.45) is 4.12. The van der Waals surface area contributed by atoms with Crippen molar-refractivity contribution in [2.24, 2.45) is 0 Å². The Bertz CT molecular complexity index is 654. The summed E-state index contributed by atoms with van der Waals surface area (Å²) in [7, 11) is 0. The number of hydrogen-bond donors (Lipinski definition) is 3. The first-order valence-corrected chi connectivity index (χ1v) is 6.93. The van der Waals surface area contributed by atoms with E-state index in [1.54, 1.807) is 6.20 Å². The predicted octanol–water partition coefficient (Wildman–Crippen LogP) is 2.75. The first-order chi connectivity index (χ1) is 10.2. The van der Waals surface area contributed by atoms with Gasteiger partial charge < -0.3 is 16.0 Å². The number of aromatic nitrogens is 2. The average Bonchev–Trinajstić information content (AvgIpc) is 3.22. The first-order valence-electron chi connectivity index (χ1n) is 6.93. The summed E-state index contributed by atoms with van der Waals surface area (Å²) in [5, 5.41) is 9.21. The van der Waals surface area contributed by atoms with Crippen LogP contribution in [0.5, 0.6) is 0 Å². The van der Waals surface area contributed by atoms with Crippen LogP contribution >= 0.6 is 0 Å². The van der Waals surface area contributed by atoms with Crippen molar-refractivity contribution in [3.8, 4) is 0 Å². The third-order valence-electron chi connectivity index (χ3n) is 3.02. The van der Waals surface area contributed by atoms with Gasteiger partial charge in [0.2, 0.25) is 11.9 Å². The highest BCUT2D eigenvalue weighted by atomic mass is 16.1. The molecule has 3 N–H and O–H groups in total. The van der Waals surface area contributed by atoms with E-state index in [9.17, 15) is 4.79 Å². The van der Waals surface area contributed by atoms with Gasteiger partial charge in [0.25, 0.3) is 0 Å². The number of benzene rings is 1. The van der Waals surface area contributed by atoms with E-state index in [-0.39, 0.29) is 5.91 Å². The molecule has 6 nitrogen and oxygen atoms in total. The van der Waals surface area contributed by atoms with Gasteiger partial charge in [-0.1, -0.05) is 6.07 Å². The molecule has 6 heteroatoms. The molecule has 1 amide bonds. The molecular weight excluding hydrogens is 266 g/mol. The van der Waals surface area contributed by atoms with Gasteiger partial charge in [0.05, 0.1) is 0 Å². The van der Waals surface area contributed by atoms with Gasteiger partial charge in [-0.05, 0) is 37.1 Å². The highest BCUT2D eigenvalue weighted by molar-refractivity contribution is 5.89. The molecule has 1 aliphatic rings. The minimum Gasteiger partial charge on any atom is -0.367 e. The molecule has 1 heterocycles. The molecule has 0 aliphatic heterocycles. The molecule has 0 unspecified atom stereocenters. The summed E-state index contributed by atoms with van der Waals surface area (Å²) in [6, 6.07) is 9.84. The molecule has 0 radical (unpaired) electrons. The average molecular weight is 283 g/mol. The molecule has 1 aliphatic carbocycles. The Morgan fingerprint density at radius 1 is 1.24 bits per heavy atom. The number of nitrogens with one attached hydrogen (secondary N) is 3. The van der Waals surface area contributed by atoms with Crippen molar-refractivity contribution in [2.45, 2.75) is 25.8 Å². The zero-order valence-electron chi connectivity index (χ0n) is 11.8. The van der Waals surface area contributed by atoms with Crippen molar-refractivity contribution in [3.05, 3.63) is 36.5 Å². The predicted molar refractivity (Wildman–Crippen MR) is 82.7 cm³/mol. The Morgan fingerprint density at radius 2 is 2.05 bits per heavy atom. The number of amides is 1. The maximum absolute atomic E-state index is 11.1. The standard InChI is InChI=1S/C15H17N5O/c1-10(21)17-12-3-2-4-13(9-12)19-15-16-8-7-14(20-15)18-11-5-6-11/h2-4,7-9,11H,5-6H2,1H3,(H,17,21)(H2,16,18,19,20). The Balaban J connectivity index is 1.71. The number of hydrogen-bond acceptors (Lipinski definition) is 5. The van der Waals surface area contributed by atoms with E-state index in [1.807, 2.05) is 30.3 Å². The van der Waals surface area contributed by atoms with Crippen LogP contribution in [0.15, 0.2) is 36.5 Å². The SMILES string of the molecule is CC(=O)Nc1cccc(Nc2nccc(NC3CC3)n2)c1. The number of carbonyl (C=O) groups is 1. The van der Waals surface area contributed by atoms with Crippen molar-refractivity contribution < 1.29 is 4.79 Å². The summed E-state index contributed by atoms with van der Waals surface area (Å²) in [5.74, 6) is 1.26. The van der Waals surface area contributed by atoms with Crippen LogP contribution in [0.4, 0.5) is 23.1 Å². The second-order valence-corrected chi connectivity index (χ2v) is 5.07. The van der Waals surface area contributed by atoms with Crippen molar-refractivity contribution in [1.29, 1.82) is 0 Å². The van der Waals surface area contributed by atoms with Gasteiger partial charge in [0.1, 0.15) is 5.82 Å². The Morgan fingerprint density at radius 3 is 2.81 bits per heavy atom. The summed E-state index contributed by atoms with van der Waals surface area (Å²) >= 11 is 0. The lowest BCUT2D eigenvalue weighted by Crippen LogP contribution is -2.07. The maximum Gasteiger partial charge on any atom is 0.229 e. The molecule has 0 spiro atoms. The van der Waals surface area contributed by atoms with Crippen LogP contribution in [0.2, 0.25) is 0 Å². The van der Waals surface area contributed by atoms with Gasteiger partial charge >= 0.3 is 0 Å². The highest BCUT2D eigenvalue weighted by Crippen LogP contribution is 2.24. The lowest BCUT2D eigenvalue weighted by molar-refractivity contribution is -0.114. The zero-order valence-corrected chi connectivity index (χ0v) is 11.8. The second kappa shape index (κ2) is 5.78. The van der Waals surface area contributed by atoms with E-state index in [0.717, 1.165) is 17.2 Å². The second-order valence-electron chi connectivity index (χ2n) is 5.07. The summed E-state index contributed by atoms with van der Waals surface area (Å²) < 4.78 is 0. The van der Waals surface area contributed by atoms with Crippen molar-refractivity contribution >= 4 is 29.0 Å². The fourth-order valence-electron chi connectivity index (χ4n) is 1.94. The molecule has 3 rings (SSSR count). The number of carbonyl (C=O) groups excluding carboxylic acids is 1. The normalized spacial score (nSPS) is 13.6. The fraction of sp³-hybridized carbons (Fsp3) is 0.267. The van der Waals surface area contributed by atoms with Crippen molar-refractivity contribution in [1.82, 2.24) is 9.97 Å². The van der Waals surface area contributed by atoms with Crippen LogP contribution in [-0.2, 0) is 4.79 Å². The molecule has 0 atom stereocenters. The lowest BCUT2D eigenvalue weighted by Gasteiger charge is -2.09. The quantitative estimate of drug-likeness (QED) is 0.786. The van der Waals surface area contributed by atoms with E-state index in [1.165, 1.54) is 19.8 Å². The van der Waals surface area contributed by atoms with Gasteiger partial charge in [-0.2, -0.15) is 4.98 Å². The molecule has 21 heavy (non-hydrogen) atoms. The largest absolute Gasteiger partial charge is 0.367 e. The molecule has 1 aromatic carbocycles. The van der Waals surface area contributed by atoms with E-state index in [0.29, 0.717) is 12.0 Å². The number of rotatable bonds is 5. The van der Waals surface area contributed by atoms with Crippen LogP contribution in [0.1, 0.15) is 19.8 Å². The number of nitrogens with zero attached hydrogens (tertiary/aromatic N) is 2. The Labute approximate surface area is 123 Å². The zero-order chi connectivity index (χ0) is 14.7. The van der Waals surface area contributed by atoms with Crippen LogP contribution in [0.25, 0.3) is 0 Å². The molecule has 2 aromatic rings. The molecule has 1 fully saturated rings. The lowest BCUT2D eigenvalue weighted by atomic mass is 10.3. The summed E-state index contributed by atoms with van der Waals surface area (Å²) in [4.78, 5) is 19.7. The monoisotopic (exact) mass is 283 g/mol. The van der Waals surface area contributed by atoms with Crippen molar-refractivity contribution in [3.63, 3.8) is 0 Å². The van der Waals surface area contributed by atoms with E-state index < -0.39 is 0 Å². The highest BCUT2D eigenvalue weighted by Gasteiger charge is 2.21. The van der Waals surface area contributed by atoms with Gasteiger partial charge in [0, 0.05) is 30.5 Å². The van der Waals surface area contributed by atoms with Crippen LogP contribution in [0, 0.1) is 0 Å². The fourth-order valence-corrected chi connectivity index (χ4v) is 1.94. The Kier molecular flexibility index (Phi) is 3.68. The molecule has 0 saturated heterocycles. The van der Waals surface area contributed by atoms with Crippen LogP contribution in [0.3, 0.4) is 0 Å². The summed E-state index contributed by atoms with van der Waals surface area (Å²) in [5.41, 5.74) is 1.56. The third kappa shape index (κ3) is 3.92. The maximum atomic E-state index is 11.1. The molecular formula is C15H17N5O. The van der Waals surface area contributed by atoms with Gasteiger partial charge in [0.15, 0.2) is 0 Å². The van der Waals surface area contributed by atoms with Crippen LogP contribution < -0.4 is 16.0 Å². The molecule has 1 saturated carbocycles. The number of anilines is 4. The summed E-state index contributed by atoms with van der Waals surface area (Å²) in [6.45, 7) is 1.48. The first kappa shape index (κ1) is 13.4.